The zero-order valence-electron chi connectivity index (χ0n) is 16.7. The van der Waals surface area contributed by atoms with Gasteiger partial charge in [0.25, 0.3) is 5.56 Å². The van der Waals surface area contributed by atoms with Crippen molar-refractivity contribution in [3.05, 3.63) is 87.6 Å². The Balaban J connectivity index is 2.02. The number of anilines is 1. The Bertz CT molecular complexity index is 1340. The van der Waals surface area contributed by atoms with Crippen LogP contribution in [0, 0.1) is 5.82 Å². The number of halogens is 1. The van der Waals surface area contributed by atoms with Gasteiger partial charge < -0.3 is 4.57 Å². The molecule has 1 N–H and O–H groups in total. The van der Waals surface area contributed by atoms with Gasteiger partial charge in [-0.2, -0.15) is 0 Å². The van der Waals surface area contributed by atoms with E-state index in [1.807, 2.05) is 6.92 Å². The number of nitrogens with one attached hydrogen (secondary N) is 1. The molecule has 2 heterocycles. The standard InChI is InChI=1S/C22H20FN3O3S/c1-13-18-11-21(27)26(2)12-20(18)19-10-16(25-30(3,28)29)8-9-17(19)22(24-13)14-4-6-15(23)7-5-14/h4-13,25H,1-3H3/t13-/m0/s1. The monoisotopic (exact) mass is 425 g/mol. The van der Waals surface area contributed by atoms with Crippen molar-refractivity contribution in [3.63, 3.8) is 0 Å². The Morgan fingerprint density at radius 1 is 1.03 bits per heavy atom. The van der Waals surface area contributed by atoms with E-state index < -0.39 is 10.0 Å². The minimum absolute atomic E-state index is 0.159. The maximum Gasteiger partial charge on any atom is 0.250 e. The zero-order valence-corrected chi connectivity index (χ0v) is 17.5. The zero-order chi connectivity index (χ0) is 21.6. The van der Waals surface area contributed by atoms with Crippen molar-refractivity contribution in [3.8, 4) is 11.1 Å². The summed E-state index contributed by atoms with van der Waals surface area (Å²) in [6, 6.07) is 12.5. The number of aromatic nitrogens is 1. The topological polar surface area (TPSA) is 80.5 Å². The maximum absolute atomic E-state index is 13.5. The number of sulfonamides is 1. The first-order valence-electron chi connectivity index (χ1n) is 9.29. The largest absolute Gasteiger partial charge is 0.318 e. The van der Waals surface area contributed by atoms with Crippen LogP contribution in [-0.2, 0) is 17.1 Å². The number of hydrogen-bond acceptors (Lipinski definition) is 4. The van der Waals surface area contributed by atoms with Crippen molar-refractivity contribution in [1.29, 1.82) is 0 Å². The maximum atomic E-state index is 13.5. The predicted molar refractivity (Wildman–Crippen MR) is 116 cm³/mol. The number of rotatable bonds is 3. The molecule has 0 saturated carbocycles. The highest BCUT2D eigenvalue weighted by Gasteiger charge is 2.24. The summed E-state index contributed by atoms with van der Waals surface area (Å²) in [5, 5.41) is 0. The molecule has 0 saturated heterocycles. The smallest absolute Gasteiger partial charge is 0.250 e. The van der Waals surface area contributed by atoms with Crippen LogP contribution >= 0.6 is 0 Å². The molecule has 0 amide bonds. The Morgan fingerprint density at radius 3 is 2.40 bits per heavy atom. The van der Waals surface area contributed by atoms with Gasteiger partial charge in [-0.1, -0.05) is 6.07 Å². The average molecular weight is 425 g/mol. The summed E-state index contributed by atoms with van der Waals surface area (Å²) in [5.41, 5.74) is 4.66. The van der Waals surface area contributed by atoms with Crippen LogP contribution in [0.15, 0.2) is 64.5 Å². The van der Waals surface area contributed by atoms with E-state index in [-0.39, 0.29) is 17.4 Å². The molecule has 6 nitrogen and oxygen atoms in total. The summed E-state index contributed by atoms with van der Waals surface area (Å²) in [6.07, 6.45) is 2.82. The third-order valence-electron chi connectivity index (χ3n) is 5.02. The Kier molecular flexibility index (Phi) is 4.82. The van der Waals surface area contributed by atoms with Crippen molar-refractivity contribution in [2.24, 2.45) is 12.0 Å². The van der Waals surface area contributed by atoms with E-state index in [2.05, 4.69) is 4.72 Å². The number of nitrogens with zero attached hydrogens (tertiary/aromatic N) is 2. The molecule has 4 rings (SSSR count). The van der Waals surface area contributed by atoms with Gasteiger partial charge in [-0.3, -0.25) is 14.5 Å². The van der Waals surface area contributed by atoms with Crippen LogP contribution in [0.3, 0.4) is 0 Å². The van der Waals surface area contributed by atoms with Gasteiger partial charge in [0.2, 0.25) is 10.0 Å². The number of fused-ring (bicyclic) bond motifs is 3. The van der Waals surface area contributed by atoms with Crippen LogP contribution < -0.4 is 10.3 Å². The first-order valence-corrected chi connectivity index (χ1v) is 11.2. The predicted octanol–water partition coefficient (Wildman–Crippen LogP) is 3.47. The van der Waals surface area contributed by atoms with Crippen LogP contribution in [0.5, 0.6) is 0 Å². The highest BCUT2D eigenvalue weighted by atomic mass is 32.2. The lowest BCUT2D eigenvalue weighted by molar-refractivity contribution is 0.607. The van der Waals surface area contributed by atoms with Gasteiger partial charge in [-0.25, -0.2) is 12.8 Å². The fourth-order valence-electron chi connectivity index (χ4n) is 3.64. The first kappa shape index (κ1) is 20.0. The highest BCUT2D eigenvalue weighted by molar-refractivity contribution is 7.92. The van der Waals surface area contributed by atoms with Gasteiger partial charge in [0.1, 0.15) is 5.82 Å². The van der Waals surface area contributed by atoms with Crippen molar-refractivity contribution in [2.75, 3.05) is 11.0 Å². The Labute approximate surface area is 173 Å². The molecule has 0 bridgehead atoms. The van der Waals surface area contributed by atoms with Crippen molar-refractivity contribution in [2.45, 2.75) is 13.0 Å². The summed E-state index contributed by atoms with van der Waals surface area (Å²) < 4.78 is 40.9. The second-order valence-corrected chi connectivity index (χ2v) is 9.14. The molecule has 3 aromatic rings. The molecular formula is C22H20FN3O3S. The molecule has 0 fully saturated rings. The normalized spacial score (nSPS) is 15.6. The van der Waals surface area contributed by atoms with Crippen LogP contribution in [0.2, 0.25) is 0 Å². The minimum atomic E-state index is -3.46. The number of hydrogen-bond donors (Lipinski definition) is 1. The highest BCUT2D eigenvalue weighted by Crippen LogP contribution is 2.38. The molecule has 1 aromatic heterocycles. The van der Waals surface area contributed by atoms with E-state index >= 15 is 0 Å². The van der Waals surface area contributed by atoms with Crippen LogP contribution in [-0.4, -0.2) is 25.0 Å². The van der Waals surface area contributed by atoms with Gasteiger partial charge in [-0.15, -0.1) is 0 Å². The number of pyridine rings is 1. The first-order chi connectivity index (χ1) is 14.1. The molecule has 30 heavy (non-hydrogen) atoms. The van der Waals surface area contributed by atoms with Gasteiger partial charge in [0.05, 0.1) is 18.0 Å². The summed E-state index contributed by atoms with van der Waals surface area (Å²) in [4.78, 5) is 17.1. The quantitative estimate of drug-likeness (QED) is 0.698. The second kappa shape index (κ2) is 7.21. The minimum Gasteiger partial charge on any atom is -0.318 e. The lowest BCUT2D eigenvalue weighted by atomic mass is 9.92. The van der Waals surface area contributed by atoms with Crippen LogP contribution in [0.25, 0.3) is 11.1 Å². The summed E-state index contributed by atoms with van der Waals surface area (Å²) in [7, 11) is -1.80. The van der Waals surface area contributed by atoms with Crippen molar-refractivity contribution < 1.29 is 12.8 Å². The second-order valence-electron chi connectivity index (χ2n) is 7.39. The van der Waals surface area contributed by atoms with E-state index in [1.165, 1.54) is 16.7 Å². The van der Waals surface area contributed by atoms with Crippen LogP contribution in [0.1, 0.15) is 29.7 Å². The van der Waals surface area contributed by atoms with Gasteiger partial charge in [0, 0.05) is 41.7 Å². The number of benzene rings is 2. The Morgan fingerprint density at radius 2 is 1.73 bits per heavy atom. The third kappa shape index (κ3) is 3.78. The third-order valence-corrected chi connectivity index (χ3v) is 5.63. The number of aryl methyl sites for hydroxylation is 1. The summed E-state index contributed by atoms with van der Waals surface area (Å²) in [5.74, 6) is -0.347. The average Bonchev–Trinajstić information content (AvgIpc) is 2.77. The van der Waals surface area contributed by atoms with Crippen LogP contribution in [0.4, 0.5) is 10.1 Å². The van der Waals surface area contributed by atoms with Gasteiger partial charge in [0.15, 0.2) is 0 Å². The van der Waals surface area contributed by atoms with E-state index in [9.17, 15) is 17.6 Å². The molecule has 1 atom stereocenters. The molecule has 0 aliphatic carbocycles. The van der Waals surface area contributed by atoms with Crippen molar-refractivity contribution in [1.82, 2.24) is 4.57 Å². The Hall–Kier alpha value is -3.26. The molecular weight excluding hydrogens is 405 g/mol. The lowest BCUT2D eigenvalue weighted by Crippen LogP contribution is -2.17. The molecule has 1 aliphatic rings. The van der Waals surface area contributed by atoms with E-state index in [1.54, 1.807) is 49.6 Å². The summed E-state index contributed by atoms with van der Waals surface area (Å²) in [6.45, 7) is 1.89. The van der Waals surface area contributed by atoms with Gasteiger partial charge >= 0.3 is 0 Å². The van der Waals surface area contributed by atoms with Gasteiger partial charge in [-0.05, 0) is 54.4 Å². The molecule has 1 aliphatic heterocycles. The number of aliphatic imine (C=N–C) groups is 1. The molecule has 0 spiro atoms. The van der Waals surface area contributed by atoms with Crippen molar-refractivity contribution >= 4 is 21.4 Å². The molecule has 2 aromatic carbocycles. The van der Waals surface area contributed by atoms with E-state index in [0.717, 1.165) is 34.1 Å². The fourth-order valence-corrected chi connectivity index (χ4v) is 4.19. The van der Waals surface area contributed by atoms with E-state index in [4.69, 9.17) is 4.99 Å². The van der Waals surface area contributed by atoms with E-state index in [0.29, 0.717) is 11.4 Å². The molecule has 0 unspecified atom stereocenters. The molecule has 8 heteroatoms. The molecule has 0 radical (unpaired) electrons. The molecule has 154 valence electrons. The lowest BCUT2D eigenvalue weighted by Gasteiger charge is -2.15. The SMILES string of the molecule is C[C@@H]1N=C(c2ccc(F)cc2)c2ccc(NS(C)(=O)=O)cc2-c2cn(C)c(=O)cc21. The fraction of sp³-hybridized carbons (Fsp3) is 0.182. The summed E-state index contributed by atoms with van der Waals surface area (Å²) >= 11 is 0.